The van der Waals surface area contributed by atoms with Gasteiger partial charge in [-0.05, 0) is 25.5 Å². The van der Waals surface area contributed by atoms with Crippen molar-refractivity contribution in [3.8, 4) is 5.75 Å². The van der Waals surface area contributed by atoms with Crippen LogP contribution in [0, 0.1) is 0 Å². The summed E-state index contributed by atoms with van der Waals surface area (Å²) in [7, 11) is 2.02. The van der Waals surface area contributed by atoms with Gasteiger partial charge in [-0.1, -0.05) is 25.1 Å². The second-order valence-corrected chi connectivity index (χ2v) is 6.28. The molecule has 0 fully saturated rings. The van der Waals surface area contributed by atoms with Crippen LogP contribution in [0.2, 0.25) is 0 Å². The van der Waals surface area contributed by atoms with Gasteiger partial charge in [0.25, 0.3) is 0 Å². The monoisotopic (exact) mass is 474 g/mol. The molecular formula is C18H27IN4OS. The zero-order valence-corrected chi connectivity index (χ0v) is 18.2. The van der Waals surface area contributed by atoms with Gasteiger partial charge in [0.05, 0.1) is 23.8 Å². The van der Waals surface area contributed by atoms with E-state index in [2.05, 4.69) is 39.4 Å². The summed E-state index contributed by atoms with van der Waals surface area (Å²) in [6, 6.07) is 9.86. The lowest BCUT2D eigenvalue weighted by atomic mass is 10.3. The summed E-state index contributed by atoms with van der Waals surface area (Å²) in [5, 5.41) is 6.57. The van der Waals surface area contributed by atoms with Crippen molar-refractivity contribution in [1.29, 1.82) is 0 Å². The minimum Gasteiger partial charge on any atom is -0.492 e. The zero-order chi connectivity index (χ0) is 17.2. The van der Waals surface area contributed by atoms with Crippen LogP contribution in [-0.2, 0) is 13.0 Å². The molecule has 1 aromatic carbocycles. The zero-order valence-electron chi connectivity index (χ0n) is 15.1. The average molecular weight is 474 g/mol. The number of hydrogen-bond acceptors (Lipinski definition) is 4. The molecule has 0 saturated carbocycles. The molecule has 0 unspecified atom stereocenters. The van der Waals surface area contributed by atoms with Crippen LogP contribution in [-0.4, -0.2) is 42.6 Å². The first-order chi connectivity index (χ1) is 11.7. The van der Waals surface area contributed by atoms with Crippen molar-refractivity contribution in [3.05, 3.63) is 46.4 Å². The van der Waals surface area contributed by atoms with Gasteiger partial charge in [-0.2, -0.15) is 0 Å². The number of aryl methyl sites for hydroxylation is 1. The maximum absolute atomic E-state index is 5.75. The predicted octanol–water partition coefficient (Wildman–Crippen LogP) is 3.80. The van der Waals surface area contributed by atoms with Crippen molar-refractivity contribution in [2.45, 2.75) is 26.8 Å². The van der Waals surface area contributed by atoms with E-state index in [-0.39, 0.29) is 24.0 Å². The number of likely N-dealkylation sites (N-methyl/N-ethyl adjacent to an activating group) is 1. The van der Waals surface area contributed by atoms with Crippen LogP contribution in [0.25, 0.3) is 0 Å². The van der Waals surface area contributed by atoms with E-state index < -0.39 is 0 Å². The highest BCUT2D eigenvalue weighted by Gasteiger charge is 2.07. The van der Waals surface area contributed by atoms with E-state index in [1.807, 2.05) is 37.4 Å². The van der Waals surface area contributed by atoms with Crippen LogP contribution >= 0.6 is 35.3 Å². The summed E-state index contributed by atoms with van der Waals surface area (Å²) in [5.74, 6) is 1.77. The van der Waals surface area contributed by atoms with Crippen molar-refractivity contribution >= 4 is 41.3 Å². The highest BCUT2D eigenvalue weighted by atomic mass is 127. The quantitative estimate of drug-likeness (QED) is 0.359. The normalized spacial score (nSPS) is 10.9. The fraction of sp³-hybridized carbons (Fsp3) is 0.444. The molecule has 2 aromatic rings. The first-order valence-electron chi connectivity index (χ1n) is 8.33. The van der Waals surface area contributed by atoms with E-state index >= 15 is 0 Å². The van der Waals surface area contributed by atoms with Gasteiger partial charge in [0.1, 0.15) is 12.4 Å². The highest BCUT2D eigenvalue weighted by molar-refractivity contribution is 14.0. The van der Waals surface area contributed by atoms with Gasteiger partial charge in [0, 0.05) is 19.0 Å². The maximum Gasteiger partial charge on any atom is 0.194 e. The lowest BCUT2D eigenvalue weighted by Gasteiger charge is -2.22. The molecule has 0 saturated heterocycles. The summed E-state index contributed by atoms with van der Waals surface area (Å²) >= 11 is 1.70. The molecule has 1 aromatic heterocycles. The number of ether oxygens (including phenoxy) is 1. The Kier molecular flexibility index (Phi) is 10.5. The van der Waals surface area contributed by atoms with Crippen molar-refractivity contribution in [1.82, 2.24) is 15.2 Å². The second kappa shape index (κ2) is 12.1. The minimum absolute atomic E-state index is 0. The summed E-state index contributed by atoms with van der Waals surface area (Å²) in [6.07, 6.45) is 0.977. The number of guanidine groups is 1. The maximum atomic E-state index is 5.75. The van der Waals surface area contributed by atoms with Crippen LogP contribution in [0.4, 0.5) is 0 Å². The number of para-hydroxylation sites is 1. The first-order valence-corrected chi connectivity index (χ1v) is 9.21. The van der Waals surface area contributed by atoms with E-state index in [1.165, 1.54) is 0 Å². The van der Waals surface area contributed by atoms with Crippen LogP contribution in [0.5, 0.6) is 5.75 Å². The Morgan fingerprint density at radius 1 is 1.28 bits per heavy atom. The number of aromatic nitrogens is 1. The first kappa shape index (κ1) is 21.7. The van der Waals surface area contributed by atoms with E-state index in [1.54, 1.807) is 11.3 Å². The lowest BCUT2D eigenvalue weighted by molar-refractivity contribution is 0.281. The van der Waals surface area contributed by atoms with Gasteiger partial charge >= 0.3 is 0 Å². The number of halogens is 1. The topological polar surface area (TPSA) is 49.8 Å². The molecule has 0 aliphatic carbocycles. The molecule has 1 N–H and O–H groups in total. The number of nitrogens with one attached hydrogen (secondary N) is 1. The summed E-state index contributed by atoms with van der Waals surface area (Å²) in [5.41, 5.74) is 1.03. The Morgan fingerprint density at radius 3 is 2.68 bits per heavy atom. The molecule has 5 nitrogen and oxygen atoms in total. The number of benzene rings is 1. The van der Waals surface area contributed by atoms with Gasteiger partial charge in [-0.3, -0.25) is 0 Å². The summed E-state index contributed by atoms with van der Waals surface area (Å²) in [4.78, 5) is 11.3. The van der Waals surface area contributed by atoms with Gasteiger partial charge in [-0.15, -0.1) is 35.3 Å². The van der Waals surface area contributed by atoms with Gasteiger partial charge in [0.15, 0.2) is 5.96 Å². The molecule has 0 atom stereocenters. The standard InChI is InChI=1S/C18H26N4OS.HI/c1-4-17-21-15(14-24-17)13-20-18(19-5-2)22(3)11-12-23-16-9-7-6-8-10-16;/h6-10,14H,4-5,11-13H2,1-3H3,(H,19,20);1H. The molecule has 0 spiro atoms. The van der Waals surface area contributed by atoms with Crippen molar-refractivity contribution in [2.24, 2.45) is 4.99 Å². The van der Waals surface area contributed by atoms with E-state index in [0.29, 0.717) is 13.2 Å². The Labute approximate surface area is 171 Å². The Hall–Kier alpha value is -1.35. The SMILES string of the molecule is CCNC(=NCc1csc(CC)n1)N(C)CCOc1ccccc1.I. The molecule has 0 radical (unpaired) electrons. The molecule has 25 heavy (non-hydrogen) atoms. The molecule has 1 heterocycles. The fourth-order valence-electron chi connectivity index (χ4n) is 2.13. The molecule has 0 aliphatic heterocycles. The largest absolute Gasteiger partial charge is 0.492 e. The third-order valence-electron chi connectivity index (χ3n) is 3.43. The van der Waals surface area contributed by atoms with E-state index in [4.69, 9.17) is 4.74 Å². The minimum atomic E-state index is 0. The molecule has 2 rings (SSSR count). The van der Waals surface area contributed by atoms with Crippen molar-refractivity contribution < 1.29 is 4.74 Å². The van der Waals surface area contributed by atoms with E-state index in [9.17, 15) is 0 Å². The summed E-state index contributed by atoms with van der Waals surface area (Å²) in [6.45, 7) is 7.00. The van der Waals surface area contributed by atoms with Crippen LogP contribution in [0.3, 0.4) is 0 Å². The van der Waals surface area contributed by atoms with Gasteiger partial charge in [0.2, 0.25) is 0 Å². The summed E-state index contributed by atoms with van der Waals surface area (Å²) < 4.78 is 5.75. The Morgan fingerprint density at radius 2 is 2.04 bits per heavy atom. The van der Waals surface area contributed by atoms with Gasteiger partial charge in [-0.25, -0.2) is 9.98 Å². The third-order valence-corrected chi connectivity index (χ3v) is 4.47. The predicted molar refractivity (Wildman–Crippen MR) is 116 cm³/mol. The second-order valence-electron chi connectivity index (χ2n) is 5.34. The fourth-order valence-corrected chi connectivity index (χ4v) is 2.87. The Bertz CT molecular complexity index is 633. The third kappa shape index (κ3) is 7.60. The number of rotatable bonds is 8. The van der Waals surface area contributed by atoms with Crippen molar-refractivity contribution in [3.63, 3.8) is 0 Å². The highest BCUT2D eigenvalue weighted by Crippen LogP contribution is 2.11. The van der Waals surface area contributed by atoms with Gasteiger partial charge < -0.3 is 15.0 Å². The number of aliphatic imine (C=N–C) groups is 1. The van der Waals surface area contributed by atoms with Crippen molar-refractivity contribution in [2.75, 3.05) is 26.7 Å². The molecule has 0 bridgehead atoms. The lowest BCUT2D eigenvalue weighted by Crippen LogP contribution is -2.40. The smallest absolute Gasteiger partial charge is 0.194 e. The molecule has 0 amide bonds. The molecule has 138 valence electrons. The number of thiazole rings is 1. The molecular weight excluding hydrogens is 447 g/mol. The van der Waals surface area contributed by atoms with Crippen LogP contribution in [0.1, 0.15) is 24.5 Å². The number of hydrogen-bond donors (Lipinski definition) is 1. The molecule has 0 aliphatic rings. The number of nitrogens with zero attached hydrogens (tertiary/aromatic N) is 3. The molecule has 7 heteroatoms. The Balaban J connectivity index is 0.00000312. The van der Waals surface area contributed by atoms with E-state index in [0.717, 1.165) is 41.9 Å². The average Bonchev–Trinajstić information content (AvgIpc) is 3.07. The van der Waals surface area contributed by atoms with Crippen LogP contribution < -0.4 is 10.1 Å². The van der Waals surface area contributed by atoms with Crippen LogP contribution in [0.15, 0.2) is 40.7 Å².